The first-order valence-electron chi connectivity index (χ1n) is 9.11. The first-order valence-corrected chi connectivity index (χ1v) is 9.11. The van der Waals surface area contributed by atoms with Gasteiger partial charge in [0.15, 0.2) is 0 Å². The minimum Gasteiger partial charge on any atom is -0.491 e. The number of carbonyl (C=O) groups is 1. The van der Waals surface area contributed by atoms with Crippen molar-refractivity contribution in [1.29, 1.82) is 0 Å². The van der Waals surface area contributed by atoms with E-state index in [1.54, 1.807) is 4.90 Å². The Kier molecular flexibility index (Phi) is 7.57. The Balaban J connectivity index is 2.30. The number of methoxy groups -OCH3 is 1. The summed E-state index contributed by atoms with van der Waals surface area (Å²) in [4.78, 5) is 14.5. The Morgan fingerprint density at radius 3 is 2.54 bits per heavy atom. The Morgan fingerprint density at radius 1 is 1.15 bits per heavy atom. The molecule has 0 bridgehead atoms. The van der Waals surface area contributed by atoms with Gasteiger partial charge in [0.2, 0.25) is 5.91 Å². The maximum Gasteiger partial charge on any atom is 0.249 e. The summed E-state index contributed by atoms with van der Waals surface area (Å²) >= 11 is 0. The second-order valence-electron chi connectivity index (χ2n) is 6.30. The van der Waals surface area contributed by atoms with Gasteiger partial charge in [0.25, 0.3) is 0 Å². The third-order valence-electron chi connectivity index (χ3n) is 4.70. The first kappa shape index (κ1) is 20.4. The highest BCUT2D eigenvalue weighted by molar-refractivity contribution is 5.94. The number of hydrogen-bond donors (Lipinski definition) is 0. The number of rotatable bonds is 9. The van der Waals surface area contributed by atoms with E-state index in [4.69, 9.17) is 9.47 Å². The van der Waals surface area contributed by atoms with Gasteiger partial charge in [-0.05, 0) is 33.1 Å². The third-order valence-corrected chi connectivity index (χ3v) is 4.70. The molecule has 4 nitrogen and oxygen atoms in total. The molecule has 1 amide bonds. The van der Waals surface area contributed by atoms with Crippen molar-refractivity contribution in [1.82, 2.24) is 4.90 Å². The fourth-order valence-electron chi connectivity index (χ4n) is 3.29. The zero-order valence-corrected chi connectivity index (χ0v) is 15.7. The lowest BCUT2D eigenvalue weighted by Gasteiger charge is -2.20. The molecule has 0 N–H and O–H groups in total. The minimum atomic E-state index is -0.682. The van der Waals surface area contributed by atoms with Gasteiger partial charge in [0.05, 0.1) is 6.61 Å². The Bertz CT molecular complexity index is 669. The highest BCUT2D eigenvalue weighted by Crippen LogP contribution is 2.34. The van der Waals surface area contributed by atoms with Crippen LogP contribution in [0.25, 0.3) is 0 Å². The molecule has 26 heavy (non-hydrogen) atoms. The molecule has 0 spiro atoms. The quantitative estimate of drug-likeness (QED) is 0.622. The van der Waals surface area contributed by atoms with Crippen molar-refractivity contribution in [3.63, 3.8) is 0 Å². The standard InChI is InChI=1S/C20H27F2NO3/c1-4-23(5-2)20(24)16-8-6-7-14(16)11-17-18(22)12-15(21)13-19(17)26-10-9-25-3/h12-13H,4-11H2,1-3H3. The van der Waals surface area contributed by atoms with Crippen molar-refractivity contribution in [2.75, 3.05) is 33.4 Å². The van der Waals surface area contributed by atoms with Gasteiger partial charge in [-0.25, -0.2) is 8.78 Å². The zero-order valence-electron chi connectivity index (χ0n) is 15.7. The molecule has 1 aromatic rings. The molecule has 0 unspecified atom stereocenters. The summed E-state index contributed by atoms with van der Waals surface area (Å²) in [5.74, 6) is -1.13. The Morgan fingerprint density at radius 2 is 1.88 bits per heavy atom. The van der Waals surface area contributed by atoms with E-state index in [9.17, 15) is 13.6 Å². The summed E-state index contributed by atoms with van der Waals surface area (Å²) < 4.78 is 38.5. The summed E-state index contributed by atoms with van der Waals surface area (Å²) in [6, 6.07) is 2.05. The van der Waals surface area contributed by atoms with Gasteiger partial charge in [-0.3, -0.25) is 4.79 Å². The van der Waals surface area contributed by atoms with Crippen molar-refractivity contribution in [2.45, 2.75) is 39.5 Å². The van der Waals surface area contributed by atoms with Gasteiger partial charge in [-0.2, -0.15) is 0 Å². The average molecular weight is 367 g/mol. The van der Waals surface area contributed by atoms with Crippen LogP contribution in [0.4, 0.5) is 8.78 Å². The number of ether oxygens (including phenoxy) is 2. The van der Waals surface area contributed by atoms with Gasteiger partial charge < -0.3 is 14.4 Å². The number of carbonyl (C=O) groups excluding carboxylic acids is 1. The fraction of sp³-hybridized carbons (Fsp3) is 0.550. The van der Waals surface area contributed by atoms with Crippen molar-refractivity contribution in [3.8, 4) is 5.75 Å². The monoisotopic (exact) mass is 367 g/mol. The summed E-state index contributed by atoms with van der Waals surface area (Å²) in [5, 5.41) is 0. The number of halogens is 2. The van der Waals surface area contributed by atoms with E-state index in [0.717, 1.165) is 30.1 Å². The molecule has 0 fully saturated rings. The number of hydrogen-bond acceptors (Lipinski definition) is 3. The third kappa shape index (κ3) is 4.81. The van der Waals surface area contributed by atoms with Crippen LogP contribution in [0.3, 0.4) is 0 Å². The lowest BCUT2D eigenvalue weighted by Crippen LogP contribution is -2.31. The summed E-state index contributed by atoms with van der Waals surface area (Å²) in [6.45, 7) is 5.70. The van der Waals surface area contributed by atoms with Gasteiger partial charge in [0, 0.05) is 49.9 Å². The molecule has 1 aromatic carbocycles. The highest BCUT2D eigenvalue weighted by atomic mass is 19.1. The fourth-order valence-corrected chi connectivity index (χ4v) is 3.29. The van der Waals surface area contributed by atoms with E-state index in [2.05, 4.69) is 0 Å². The first-order chi connectivity index (χ1) is 12.5. The van der Waals surface area contributed by atoms with E-state index >= 15 is 0 Å². The molecular weight excluding hydrogens is 340 g/mol. The number of likely N-dealkylation sites (N-methyl/N-ethyl adjacent to an activating group) is 1. The van der Waals surface area contributed by atoms with Crippen LogP contribution in [0, 0.1) is 11.6 Å². The molecule has 0 aromatic heterocycles. The van der Waals surface area contributed by atoms with E-state index in [1.807, 2.05) is 13.8 Å². The van der Waals surface area contributed by atoms with Gasteiger partial charge in [-0.15, -0.1) is 0 Å². The number of amides is 1. The second-order valence-corrected chi connectivity index (χ2v) is 6.30. The van der Waals surface area contributed by atoms with Gasteiger partial charge in [-0.1, -0.05) is 5.57 Å². The molecule has 0 heterocycles. The van der Waals surface area contributed by atoms with Crippen molar-refractivity contribution in [2.24, 2.45) is 0 Å². The van der Waals surface area contributed by atoms with Crippen LogP contribution in [0.2, 0.25) is 0 Å². The molecule has 0 saturated carbocycles. The maximum atomic E-state index is 14.4. The largest absolute Gasteiger partial charge is 0.491 e. The van der Waals surface area contributed by atoms with Gasteiger partial charge >= 0.3 is 0 Å². The minimum absolute atomic E-state index is 0.0203. The summed E-state index contributed by atoms with van der Waals surface area (Å²) in [6.07, 6.45) is 2.58. The van der Waals surface area contributed by atoms with Crippen LogP contribution in [0.15, 0.2) is 23.3 Å². The maximum absolute atomic E-state index is 14.4. The lowest BCUT2D eigenvalue weighted by atomic mass is 9.99. The van der Waals surface area contributed by atoms with Crippen molar-refractivity contribution >= 4 is 5.91 Å². The molecule has 1 aliphatic carbocycles. The average Bonchev–Trinajstić information content (AvgIpc) is 3.07. The highest BCUT2D eigenvalue weighted by Gasteiger charge is 2.25. The van der Waals surface area contributed by atoms with E-state index in [-0.39, 0.29) is 24.7 Å². The molecule has 0 saturated heterocycles. The lowest BCUT2D eigenvalue weighted by molar-refractivity contribution is -0.126. The summed E-state index contributed by atoms with van der Waals surface area (Å²) in [7, 11) is 1.53. The predicted molar refractivity (Wildman–Crippen MR) is 96.2 cm³/mol. The molecule has 0 atom stereocenters. The molecule has 6 heteroatoms. The predicted octanol–water partition coefficient (Wildman–Crippen LogP) is 3.88. The van der Waals surface area contributed by atoms with Crippen LogP contribution in [0.5, 0.6) is 5.75 Å². The zero-order chi connectivity index (χ0) is 19.1. The van der Waals surface area contributed by atoms with Crippen LogP contribution in [-0.4, -0.2) is 44.2 Å². The normalized spacial score (nSPS) is 14.0. The van der Waals surface area contributed by atoms with E-state index in [1.165, 1.54) is 13.2 Å². The number of allylic oxidation sites excluding steroid dienone is 1. The Labute approximate surface area is 153 Å². The SMILES string of the molecule is CCN(CC)C(=O)C1=C(Cc2c(F)cc(F)cc2OCCOC)CCC1. The number of nitrogens with zero attached hydrogens (tertiary/aromatic N) is 1. The molecular formula is C20H27F2NO3. The van der Waals surface area contributed by atoms with Crippen LogP contribution in [0.1, 0.15) is 38.7 Å². The van der Waals surface area contributed by atoms with E-state index in [0.29, 0.717) is 31.7 Å². The Hall–Kier alpha value is -1.95. The summed E-state index contributed by atoms with van der Waals surface area (Å²) in [5.41, 5.74) is 1.98. The molecule has 0 radical (unpaired) electrons. The van der Waals surface area contributed by atoms with Crippen molar-refractivity contribution < 1.29 is 23.0 Å². The molecule has 2 rings (SSSR count). The second kappa shape index (κ2) is 9.67. The van der Waals surface area contributed by atoms with Crippen molar-refractivity contribution in [3.05, 3.63) is 40.5 Å². The molecule has 144 valence electrons. The van der Waals surface area contributed by atoms with Crippen LogP contribution < -0.4 is 4.74 Å². The number of benzene rings is 1. The topological polar surface area (TPSA) is 38.8 Å². The van der Waals surface area contributed by atoms with Crippen LogP contribution >= 0.6 is 0 Å². The van der Waals surface area contributed by atoms with Crippen LogP contribution in [-0.2, 0) is 16.0 Å². The smallest absolute Gasteiger partial charge is 0.249 e. The molecule has 1 aliphatic rings. The van der Waals surface area contributed by atoms with E-state index < -0.39 is 11.6 Å². The molecule has 0 aliphatic heterocycles. The van der Waals surface area contributed by atoms with Gasteiger partial charge in [0.1, 0.15) is 24.0 Å².